The molecule has 1 aromatic heterocycles. The first kappa shape index (κ1) is 13.5. The first-order chi connectivity index (χ1) is 7.41. The lowest BCUT2D eigenvalue weighted by Gasteiger charge is -2.25. The molecule has 1 heterocycles. The molecule has 0 radical (unpaired) electrons. The van der Waals surface area contributed by atoms with Gasteiger partial charge in [-0.25, -0.2) is 4.98 Å². The molecule has 0 aliphatic carbocycles. The molecule has 3 nitrogen and oxygen atoms in total. The van der Waals surface area contributed by atoms with Gasteiger partial charge in [0, 0.05) is 18.5 Å². The van der Waals surface area contributed by atoms with Crippen molar-refractivity contribution in [3.8, 4) is 0 Å². The van der Waals surface area contributed by atoms with E-state index < -0.39 is 6.10 Å². The standard InChI is InChI=1S/C12H22N2OS/c1-8(2)6-9(3)14(5)12-13-11(7-16-12)10(4)15/h7-10,15H,6H2,1-5H3. The van der Waals surface area contributed by atoms with Gasteiger partial charge in [0.1, 0.15) is 0 Å². The van der Waals surface area contributed by atoms with Gasteiger partial charge in [-0.3, -0.25) is 0 Å². The predicted octanol–water partition coefficient (Wildman–Crippen LogP) is 3.07. The monoisotopic (exact) mass is 242 g/mol. The number of aliphatic hydroxyl groups excluding tert-OH is 1. The minimum absolute atomic E-state index is 0.473. The third kappa shape index (κ3) is 3.46. The van der Waals surface area contributed by atoms with Crippen molar-refractivity contribution >= 4 is 16.5 Å². The number of hydrogen-bond donors (Lipinski definition) is 1. The summed E-state index contributed by atoms with van der Waals surface area (Å²) in [5.41, 5.74) is 0.767. The Morgan fingerprint density at radius 1 is 1.38 bits per heavy atom. The Bertz CT molecular complexity index is 323. The average Bonchev–Trinajstić information content (AvgIpc) is 2.64. The van der Waals surface area contributed by atoms with Crippen LogP contribution < -0.4 is 4.90 Å². The van der Waals surface area contributed by atoms with Crippen molar-refractivity contribution in [3.05, 3.63) is 11.1 Å². The van der Waals surface area contributed by atoms with Crippen molar-refractivity contribution in [2.75, 3.05) is 11.9 Å². The Kier molecular flexibility index (Phi) is 4.74. The lowest BCUT2D eigenvalue weighted by Crippen LogP contribution is -2.29. The third-order valence-electron chi connectivity index (χ3n) is 2.71. The summed E-state index contributed by atoms with van der Waals surface area (Å²) in [6, 6.07) is 0.480. The van der Waals surface area contributed by atoms with Crippen LogP contribution >= 0.6 is 11.3 Å². The summed E-state index contributed by atoms with van der Waals surface area (Å²) in [4.78, 5) is 6.62. The van der Waals surface area contributed by atoms with Crippen LogP contribution in [0.3, 0.4) is 0 Å². The van der Waals surface area contributed by atoms with Gasteiger partial charge in [-0.2, -0.15) is 0 Å². The molecule has 0 aromatic carbocycles. The molecular formula is C12H22N2OS. The normalized spacial score (nSPS) is 15.2. The van der Waals surface area contributed by atoms with Crippen molar-refractivity contribution < 1.29 is 5.11 Å². The maximum absolute atomic E-state index is 9.43. The minimum atomic E-state index is -0.473. The molecule has 1 N–H and O–H groups in total. The van der Waals surface area contributed by atoms with Crippen LogP contribution in [0.25, 0.3) is 0 Å². The maximum Gasteiger partial charge on any atom is 0.185 e. The van der Waals surface area contributed by atoms with Gasteiger partial charge in [-0.05, 0) is 26.2 Å². The second-order valence-electron chi connectivity index (χ2n) is 4.82. The van der Waals surface area contributed by atoms with E-state index in [1.807, 2.05) is 5.38 Å². The molecule has 2 atom stereocenters. The van der Waals surface area contributed by atoms with Crippen molar-refractivity contribution in [3.63, 3.8) is 0 Å². The summed E-state index contributed by atoms with van der Waals surface area (Å²) in [5.74, 6) is 0.689. The molecule has 0 aliphatic heterocycles. The highest BCUT2D eigenvalue weighted by atomic mass is 32.1. The molecule has 1 rings (SSSR count). The highest BCUT2D eigenvalue weighted by Crippen LogP contribution is 2.25. The summed E-state index contributed by atoms with van der Waals surface area (Å²) in [6.45, 7) is 8.42. The van der Waals surface area contributed by atoms with E-state index in [1.54, 1.807) is 18.3 Å². The van der Waals surface area contributed by atoms with Crippen molar-refractivity contribution in [1.82, 2.24) is 4.98 Å². The Hall–Kier alpha value is -0.610. The van der Waals surface area contributed by atoms with Gasteiger partial charge < -0.3 is 10.0 Å². The van der Waals surface area contributed by atoms with Gasteiger partial charge in [-0.15, -0.1) is 11.3 Å². The SMILES string of the molecule is CC(C)CC(C)N(C)c1nc(C(C)O)cs1. The fourth-order valence-corrected chi connectivity index (χ4v) is 2.64. The molecule has 0 amide bonds. The second-order valence-corrected chi connectivity index (χ2v) is 5.66. The zero-order valence-corrected chi connectivity index (χ0v) is 11.6. The van der Waals surface area contributed by atoms with Crippen LogP contribution in [0, 0.1) is 5.92 Å². The second kappa shape index (κ2) is 5.64. The molecule has 2 unspecified atom stereocenters. The summed E-state index contributed by atoms with van der Waals surface area (Å²) in [7, 11) is 2.07. The summed E-state index contributed by atoms with van der Waals surface area (Å²) < 4.78 is 0. The first-order valence-corrected chi connectivity index (χ1v) is 6.66. The highest BCUT2D eigenvalue weighted by Gasteiger charge is 2.15. The number of aliphatic hydroxyl groups is 1. The van der Waals surface area contributed by atoms with E-state index in [2.05, 4.69) is 37.7 Å². The van der Waals surface area contributed by atoms with Gasteiger partial charge in [0.05, 0.1) is 11.8 Å². The molecular weight excluding hydrogens is 220 g/mol. The smallest absolute Gasteiger partial charge is 0.185 e. The van der Waals surface area contributed by atoms with Crippen molar-refractivity contribution in [1.29, 1.82) is 0 Å². The van der Waals surface area contributed by atoms with E-state index in [0.717, 1.165) is 17.2 Å². The van der Waals surface area contributed by atoms with Crippen LogP contribution in [0.1, 0.15) is 45.9 Å². The Morgan fingerprint density at radius 3 is 2.44 bits per heavy atom. The maximum atomic E-state index is 9.43. The molecule has 4 heteroatoms. The Balaban J connectivity index is 2.68. The van der Waals surface area contributed by atoms with Crippen LogP contribution in [0.5, 0.6) is 0 Å². The number of aromatic nitrogens is 1. The molecule has 0 spiro atoms. The number of anilines is 1. The molecule has 0 saturated heterocycles. The summed E-state index contributed by atoms with van der Waals surface area (Å²) in [6.07, 6.45) is 0.680. The van der Waals surface area contributed by atoms with Gasteiger partial charge >= 0.3 is 0 Å². The van der Waals surface area contributed by atoms with E-state index >= 15 is 0 Å². The fraction of sp³-hybridized carbons (Fsp3) is 0.750. The molecule has 0 bridgehead atoms. The van der Waals surface area contributed by atoms with E-state index in [4.69, 9.17) is 0 Å². The number of hydrogen-bond acceptors (Lipinski definition) is 4. The largest absolute Gasteiger partial charge is 0.387 e. The van der Waals surface area contributed by atoms with E-state index in [0.29, 0.717) is 12.0 Å². The van der Waals surface area contributed by atoms with Crippen molar-refractivity contribution in [2.24, 2.45) is 5.92 Å². The van der Waals surface area contributed by atoms with Crippen LogP contribution in [0.4, 0.5) is 5.13 Å². The van der Waals surface area contributed by atoms with Gasteiger partial charge in [0.2, 0.25) is 0 Å². The predicted molar refractivity (Wildman–Crippen MR) is 70.1 cm³/mol. The molecule has 0 saturated carbocycles. The summed E-state index contributed by atoms with van der Waals surface area (Å²) >= 11 is 1.60. The van der Waals surface area contributed by atoms with E-state index in [-0.39, 0.29) is 0 Å². The number of rotatable bonds is 5. The van der Waals surface area contributed by atoms with Crippen molar-refractivity contribution in [2.45, 2.75) is 46.3 Å². The summed E-state index contributed by atoms with van der Waals surface area (Å²) in [5, 5.41) is 12.3. The third-order valence-corrected chi connectivity index (χ3v) is 3.66. The van der Waals surface area contributed by atoms with E-state index in [1.165, 1.54) is 0 Å². The lowest BCUT2D eigenvalue weighted by molar-refractivity contribution is 0.195. The Labute approximate surface area is 102 Å². The molecule has 1 aromatic rings. The van der Waals surface area contributed by atoms with Gasteiger partial charge in [0.15, 0.2) is 5.13 Å². The zero-order valence-electron chi connectivity index (χ0n) is 10.8. The molecule has 0 fully saturated rings. The Morgan fingerprint density at radius 2 is 2.00 bits per heavy atom. The van der Waals surface area contributed by atoms with Crippen LogP contribution in [-0.2, 0) is 0 Å². The first-order valence-electron chi connectivity index (χ1n) is 5.78. The van der Waals surface area contributed by atoms with Crippen LogP contribution in [0.2, 0.25) is 0 Å². The van der Waals surface area contributed by atoms with Crippen LogP contribution in [-0.4, -0.2) is 23.2 Å². The zero-order chi connectivity index (χ0) is 12.3. The lowest BCUT2D eigenvalue weighted by atomic mass is 10.0. The highest BCUT2D eigenvalue weighted by molar-refractivity contribution is 7.13. The van der Waals surface area contributed by atoms with E-state index in [9.17, 15) is 5.11 Å². The minimum Gasteiger partial charge on any atom is -0.387 e. The average molecular weight is 242 g/mol. The number of nitrogens with zero attached hydrogens (tertiary/aromatic N) is 2. The topological polar surface area (TPSA) is 36.4 Å². The molecule has 0 aliphatic rings. The van der Waals surface area contributed by atoms with Gasteiger partial charge in [-0.1, -0.05) is 13.8 Å². The molecule has 92 valence electrons. The quantitative estimate of drug-likeness (QED) is 0.862. The van der Waals surface area contributed by atoms with Gasteiger partial charge in [0.25, 0.3) is 0 Å². The molecule has 16 heavy (non-hydrogen) atoms. The fourth-order valence-electron chi connectivity index (χ4n) is 1.66. The van der Waals surface area contributed by atoms with Crippen LogP contribution in [0.15, 0.2) is 5.38 Å². The number of thiazole rings is 1.